The molecular formula is C12H25O3P. The molecule has 0 heterocycles. The Morgan fingerprint density at radius 3 is 1.88 bits per heavy atom. The second-order valence-corrected chi connectivity index (χ2v) is 5.60. The van der Waals surface area contributed by atoms with Crippen LogP contribution in [0.15, 0.2) is 11.9 Å². The Kier molecular flexibility index (Phi) is 10.0. The van der Waals surface area contributed by atoms with Crippen molar-refractivity contribution in [2.45, 2.75) is 52.9 Å². The first-order valence-corrected chi connectivity index (χ1v) is 7.86. The predicted molar refractivity (Wildman–Crippen MR) is 68.8 cm³/mol. The summed E-state index contributed by atoms with van der Waals surface area (Å²) in [5.41, 5.74) is 0. The van der Waals surface area contributed by atoms with E-state index in [1.807, 2.05) is 13.0 Å². The van der Waals surface area contributed by atoms with E-state index in [-0.39, 0.29) is 0 Å². The molecule has 0 fully saturated rings. The van der Waals surface area contributed by atoms with Gasteiger partial charge in [-0.15, -0.1) is 0 Å². The molecule has 0 aliphatic rings. The van der Waals surface area contributed by atoms with E-state index in [1.165, 1.54) is 0 Å². The van der Waals surface area contributed by atoms with Gasteiger partial charge in [0.1, 0.15) is 0 Å². The van der Waals surface area contributed by atoms with E-state index in [1.54, 1.807) is 5.82 Å². The van der Waals surface area contributed by atoms with Gasteiger partial charge in [-0.25, -0.2) is 0 Å². The minimum absolute atomic E-state index is 0.508. The molecule has 16 heavy (non-hydrogen) atoms. The van der Waals surface area contributed by atoms with Gasteiger partial charge < -0.3 is 9.05 Å². The topological polar surface area (TPSA) is 35.5 Å². The number of hydrogen-bond donors (Lipinski definition) is 0. The molecule has 0 saturated heterocycles. The Morgan fingerprint density at radius 1 is 1.00 bits per heavy atom. The second kappa shape index (κ2) is 10.1. The van der Waals surface area contributed by atoms with Gasteiger partial charge in [-0.3, -0.25) is 4.57 Å². The molecule has 0 unspecified atom stereocenters. The van der Waals surface area contributed by atoms with Crippen molar-refractivity contribution in [3.63, 3.8) is 0 Å². The van der Waals surface area contributed by atoms with Crippen molar-refractivity contribution >= 4 is 7.60 Å². The fourth-order valence-corrected chi connectivity index (χ4v) is 2.51. The summed E-state index contributed by atoms with van der Waals surface area (Å²) < 4.78 is 22.9. The van der Waals surface area contributed by atoms with Crippen LogP contribution in [0.1, 0.15) is 52.9 Å². The molecule has 0 aliphatic heterocycles. The average molecular weight is 248 g/mol. The molecule has 0 N–H and O–H groups in total. The molecule has 4 heteroatoms. The fourth-order valence-electron chi connectivity index (χ4n) is 1.03. The zero-order chi connectivity index (χ0) is 12.3. The molecule has 3 nitrogen and oxygen atoms in total. The van der Waals surface area contributed by atoms with E-state index in [2.05, 4.69) is 13.8 Å². The average Bonchev–Trinajstić information content (AvgIpc) is 2.27. The third-order valence-electron chi connectivity index (χ3n) is 2.06. The summed E-state index contributed by atoms with van der Waals surface area (Å²) in [7, 11) is -2.98. The van der Waals surface area contributed by atoms with Crippen LogP contribution in [0.3, 0.4) is 0 Å². The number of allylic oxidation sites excluding steroid dienone is 1. The van der Waals surface area contributed by atoms with Crippen molar-refractivity contribution in [1.29, 1.82) is 0 Å². The van der Waals surface area contributed by atoms with Gasteiger partial charge in [0.25, 0.3) is 0 Å². The summed E-state index contributed by atoms with van der Waals surface area (Å²) in [6, 6.07) is 0. The number of hydrogen-bond acceptors (Lipinski definition) is 3. The van der Waals surface area contributed by atoms with Crippen LogP contribution in [-0.2, 0) is 13.6 Å². The van der Waals surface area contributed by atoms with Gasteiger partial charge in [0.05, 0.1) is 13.2 Å². The lowest BCUT2D eigenvalue weighted by atomic mass is 10.4. The SMILES string of the molecule is CCC=CP(=O)(OCCCC)OCCCC. The molecule has 0 amide bonds. The summed E-state index contributed by atoms with van der Waals surface area (Å²) in [6.07, 6.45) is 6.60. The molecular weight excluding hydrogens is 223 g/mol. The highest BCUT2D eigenvalue weighted by molar-refractivity contribution is 7.57. The molecule has 0 saturated carbocycles. The molecule has 96 valence electrons. The third kappa shape index (κ3) is 8.09. The third-order valence-corrected chi connectivity index (χ3v) is 3.72. The van der Waals surface area contributed by atoms with Crippen LogP contribution in [0.25, 0.3) is 0 Å². The maximum absolute atomic E-state index is 12.2. The van der Waals surface area contributed by atoms with Crippen LogP contribution < -0.4 is 0 Å². The van der Waals surface area contributed by atoms with Gasteiger partial charge in [0, 0.05) is 5.82 Å². The van der Waals surface area contributed by atoms with Crippen LogP contribution >= 0.6 is 7.60 Å². The van der Waals surface area contributed by atoms with Crippen molar-refractivity contribution in [2.24, 2.45) is 0 Å². The van der Waals surface area contributed by atoms with Crippen molar-refractivity contribution in [2.75, 3.05) is 13.2 Å². The molecule has 0 aromatic rings. The first kappa shape index (κ1) is 15.9. The van der Waals surface area contributed by atoms with Crippen LogP contribution in [0.4, 0.5) is 0 Å². The molecule has 0 bridgehead atoms. The molecule has 0 aliphatic carbocycles. The number of rotatable bonds is 10. The van der Waals surface area contributed by atoms with Gasteiger partial charge in [-0.2, -0.15) is 0 Å². The maximum Gasteiger partial charge on any atom is 0.353 e. The summed E-state index contributed by atoms with van der Waals surface area (Å²) >= 11 is 0. The van der Waals surface area contributed by atoms with E-state index in [0.29, 0.717) is 13.2 Å². The van der Waals surface area contributed by atoms with Crippen LogP contribution in [0.5, 0.6) is 0 Å². The smallest absolute Gasteiger partial charge is 0.306 e. The summed E-state index contributed by atoms with van der Waals surface area (Å²) in [6.45, 7) is 7.17. The van der Waals surface area contributed by atoms with Gasteiger partial charge in [0.2, 0.25) is 0 Å². The monoisotopic (exact) mass is 248 g/mol. The molecule has 0 aromatic carbocycles. The Morgan fingerprint density at radius 2 is 1.50 bits per heavy atom. The predicted octanol–water partition coefficient (Wildman–Crippen LogP) is 4.74. The van der Waals surface area contributed by atoms with Gasteiger partial charge in [0.15, 0.2) is 0 Å². The zero-order valence-corrected chi connectivity index (χ0v) is 11.7. The van der Waals surface area contributed by atoms with E-state index in [9.17, 15) is 4.57 Å². The summed E-state index contributed by atoms with van der Waals surface area (Å²) in [5.74, 6) is 1.60. The van der Waals surface area contributed by atoms with E-state index in [4.69, 9.17) is 9.05 Å². The van der Waals surface area contributed by atoms with Gasteiger partial charge >= 0.3 is 7.60 Å². The molecule has 0 spiro atoms. The Labute approximate surface area is 99.8 Å². The molecule has 0 rings (SSSR count). The lowest BCUT2D eigenvalue weighted by molar-refractivity contribution is 0.207. The van der Waals surface area contributed by atoms with Crippen molar-refractivity contribution < 1.29 is 13.6 Å². The van der Waals surface area contributed by atoms with Gasteiger partial charge in [-0.1, -0.05) is 39.7 Å². The highest BCUT2D eigenvalue weighted by Gasteiger charge is 2.19. The summed E-state index contributed by atoms with van der Waals surface area (Å²) in [4.78, 5) is 0. The standard InChI is InChI=1S/C12H25O3P/c1-4-7-10-14-16(13,12-9-6-3)15-11-8-5-2/h9,12H,4-8,10-11H2,1-3H3. The van der Waals surface area contributed by atoms with E-state index < -0.39 is 7.60 Å². The Balaban J connectivity index is 4.13. The van der Waals surface area contributed by atoms with Crippen LogP contribution in [0.2, 0.25) is 0 Å². The largest absolute Gasteiger partial charge is 0.353 e. The fraction of sp³-hybridized carbons (Fsp3) is 0.833. The second-order valence-electron chi connectivity index (χ2n) is 3.71. The molecule has 0 radical (unpaired) electrons. The Hall–Kier alpha value is -0.110. The van der Waals surface area contributed by atoms with Crippen molar-refractivity contribution in [3.8, 4) is 0 Å². The first-order chi connectivity index (χ1) is 7.68. The highest BCUT2D eigenvalue weighted by Crippen LogP contribution is 2.50. The first-order valence-electron chi connectivity index (χ1n) is 6.25. The summed E-state index contributed by atoms with van der Waals surface area (Å²) in [5, 5.41) is 0. The number of unbranched alkanes of at least 4 members (excludes halogenated alkanes) is 2. The van der Waals surface area contributed by atoms with Gasteiger partial charge in [-0.05, 0) is 19.3 Å². The minimum Gasteiger partial charge on any atom is -0.306 e. The quantitative estimate of drug-likeness (QED) is 0.414. The zero-order valence-electron chi connectivity index (χ0n) is 10.8. The van der Waals surface area contributed by atoms with Crippen LogP contribution in [-0.4, -0.2) is 13.2 Å². The van der Waals surface area contributed by atoms with Crippen LogP contribution in [0, 0.1) is 0 Å². The Bertz CT molecular complexity index is 212. The maximum atomic E-state index is 12.2. The van der Waals surface area contributed by atoms with Crippen molar-refractivity contribution in [3.05, 3.63) is 11.9 Å². The lowest BCUT2D eigenvalue weighted by Crippen LogP contribution is -1.97. The normalized spacial score (nSPS) is 12.4. The van der Waals surface area contributed by atoms with Crippen molar-refractivity contribution in [1.82, 2.24) is 0 Å². The molecule has 0 aromatic heterocycles. The minimum atomic E-state index is -2.98. The van der Waals surface area contributed by atoms with E-state index >= 15 is 0 Å². The van der Waals surface area contributed by atoms with E-state index in [0.717, 1.165) is 32.1 Å². The molecule has 0 atom stereocenters. The highest BCUT2D eigenvalue weighted by atomic mass is 31.2. The lowest BCUT2D eigenvalue weighted by Gasteiger charge is -2.14.